The lowest BCUT2D eigenvalue weighted by Gasteiger charge is -2.29. The third-order valence-electron chi connectivity index (χ3n) is 9.16. The van der Waals surface area contributed by atoms with Crippen molar-refractivity contribution in [2.75, 3.05) is 44.9 Å². The van der Waals surface area contributed by atoms with Gasteiger partial charge in [0, 0.05) is 39.3 Å². The minimum Gasteiger partial charge on any atom is -0.455 e. The molecule has 0 spiro atoms. The summed E-state index contributed by atoms with van der Waals surface area (Å²) in [6.07, 6.45) is -8.49. The second-order valence-electron chi connectivity index (χ2n) is 13.1. The minimum atomic E-state index is -5.40. The van der Waals surface area contributed by atoms with E-state index in [1.807, 2.05) is 0 Å². The fraction of sp³-hybridized carbons (Fsp3) is 0.581. The van der Waals surface area contributed by atoms with Gasteiger partial charge in [-0.05, 0) is 19.4 Å². The number of fused-ring (bicyclic) bond motifs is 1. The second kappa shape index (κ2) is 19.4. The first kappa shape index (κ1) is 45.8. The van der Waals surface area contributed by atoms with Gasteiger partial charge in [0.1, 0.15) is 54.2 Å². The average molecular weight is 878 g/mol. The van der Waals surface area contributed by atoms with Crippen LogP contribution in [-0.2, 0) is 51.2 Å². The Morgan fingerprint density at radius 1 is 1.03 bits per heavy atom. The van der Waals surface area contributed by atoms with Crippen LogP contribution in [0.15, 0.2) is 42.4 Å². The van der Waals surface area contributed by atoms with Gasteiger partial charge in [0.05, 0.1) is 19.5 Å². The van der Waals surface area contributed by atoms with Crippen molar-refractivity contribution in [3.8, 4) is 0 Å². The van der Waals surface area contributed by atoms with Gasteiger partial charge in [0.25, 0.3) is 0 Å². The molecule has 26 nitrogen and oxygen atoms in total. The molecule has 3 aromatic rings. The van der Waals surface area contributed by atoms with Gasteiger partial charge in [0.2, 0.25) is 5.91 Å². The molecule has 0 aromatic carbocycles. The molecular formula is C31H45N9O17P2. The summed E-state index contributed by atoms with van der Waals surface area (Å²) in [4.78, 5) is 85.7. The maximum absolute atomic E-state index is 13.9. The number of aliphatic hydroxyl groups is 2. The number of allylic oxidation sites excluding steroid dienone is 1. The molecule has 1 amide bonds. The Balaban J connectivity index is 1.40. The quantitative estimate of drug-likeness (QED) is 0.0294. The van der Waals surface area contributed by atoms with E-state index in [1.165, 1.54) is 30.1 Å². The van der Waals surface area contributed by atoms with Gasteiger partial charge in [-0.2, -0.15) is 4.98 Å². The topological polar surface area (TPSA) is 368 Å². The number of anilines is 2. The molecule has 5 rings (SSSR count). The number of rotatable bonds is 20. The number of ether oxygens (including phenoxy) is 4. The number of carbonyl (C=O) groups is 2. The van der Waals surface area contributed by atoms with Gasteiger partial charge >= 0.3 is 27.3 Å². The Kier molecular flexibility index (Phi) is 15.1. The van der Waals surface area contributed by atoms with E-state index in [4.69, 9.17) is 39.5 Å². The minimum absolute atomic E-state index is 0.00823. The van der Waals surface area contributed by atoms with Crippen LogP contribution in [0.4, 0.5) is 11.6 Å². The van der Waals surface area contributed by atoms with Gasteiger partial charge in [-0.15, -0.1) is 6.58 Å². The highest BCUT2D eigenvalue weighted by Gasteiger charge is 2.52. The van der Waals surface area contributed by atoms with Crippen LogP contribution in [0.5, 0.6) is 0 Å². The van der Waals surface area contributed by atoms with Crippen molar-refractivity contribution in [3.05, 3.63) is 48.1 Å². The van der Waals surface area contributed by atoms with Crippen molar-refractivity contribution >= 4 is 50.3 Å². The monoisotopic (exact) mass is 877 g/mol. The van der Waals surface area contributed by atoms with E-state index in [2.05, 4.69) is 31.0 Å². The van der Waals surface area contributed by atoms with Crippen LogP contribution in [0, 0.1) is 0 Å². The number of aliphatic hydroxyl groups excluding tert-OH is 2. The molecule has 1 unspecified atom stereocenters. The van der Waals surface area contributed by atoms with Crippen LogP contribution >= 0.6 is 15.6 Å². The molecule has 3 aromatic heterocycles. The summed E-state index contributed by atoms with van der Waals surface area (Å²) in [7, 11) is -9.18. The van der Waals surface area contributed by atoms with Crippen LogP contribution in [0.25, 0.3) is 11.2 Å². The number of hydrogen-bond acceptors (Lipinski definition) is 20. The zero-order valence-electron chi connectivity index (χ0n) is 31.6. The smallest absolute Gasteiger partial charge is 0.455 e. The number of carbonyl (C=O) groups excluding carboxylic acids is 2. The molecule has 2 saturated heterocycles. The van der Waals surface area contributed by atoms with Crippen LogP contribution in [0.2, 0.25) is 0 Å². The molecule has 0 bridgehead atoms. The van der Waals surface area contributed by atoms with E-state index >= 15 is 0 Å². The number of esters is 1. The number of nitrogens with zero attached hydrogens (tertiary/aromatic N) is 7. The maximum atomic E-state index is 13.9. The number of phosphoric acid groups is 2. The molecule has 0 radical (unpaired) electrons. The molecule has 9 N–H and O–H groups in total. The Hall–Kier alpha value is -4.27. The number of imidazole rings is 1. The lowest BCUT2D eigenvalue weighted by molar-refractivity contribution is -0.166. The van der Waals surface area contributed by atoms with Crippen molar-refractivity contribution in [1.29, 1.82) is 0 Å². The highest BCUT2D eigenvalue weighted by atomic mass is 31.2. The summed E-state index contributed by atoms with van der Waals surface area (Å²) < 4.78 is 64.8. The first-order valence-corrected chi connectivity index (χ1v) is 20.8. The summed E-state index contributed by atoms with van der Waals surface area (Å²) in [5.74, 6) is -1.62. The molecule has 28 heteroatoms. The number of aromatic nitrogens is 6. The number of nitrogens with two attached hydrogens (primary N) is 2. The zero-order valence-corrected chi connectivity index (χ0v) is 33.3. The van der Waals surface area contributed by atoms with Gasteiger partial charge in [-0.1, -0.05) is 6.08 Å². The number of phosphoric ester groups is 2. The first-order chi connectivity index (χ1) is 27.9. The molecule has 0 saturated carbocycles. The highest BCUT2D eigenvalue weighted by Crippen LogP contribution is 2.50. The van der Waals surface area contributed by atoms with E-state index < -0.39 is 102 Å². The van der Waals surface area contributed by atoms with Gasteiger partial charge in [0.15, 0.2) is 30.0 Å². The van der Waals surface area contributed by atoms with Crippen LogP contribution in [0.3, 0.4) is 0 Å². The van der Waals surface area contributed by atoms with Crippen molar-refractivity contribution in [2.45, 2.75) is 81.3 Å². The number of hydrogen-bond donors (Lipinski definition) is 7. The summed E-state index contributed by atoms with van der Waals surface area (Å²) in [5, 5.41) is 22.8. The maximum Gasteiger partial charge on any atom is 0.472 e. The molecule has 326 valence electrons. The zero-order chi connectivity index (χ0) is 43.2. The molecule has 2 aliphatic rings. The van der Waals surface area contributed by atoms with Crippen molar-refractivity contribution in [3.63, 3.8) is 0 Å². The summed E-state index contributed by atoms with van der Waals surface area (Å²) in [5.41, 5.74) is 10.7. The summed E-state index contributed by atoms with van der Waals surface area (Å²) in [6.45, 7) is 3.72. The lowest BCUT2D eigenvalue weighted by Crippen LogP contribution is -2.47. The second-order valence-corrected chi connectivity index (χ2v) is 15.7. The fourth-order valence-electron chi connectivity index (χ4n) is 6.24. The number of nitrogen functional groups attached to an aromatic ring is 2. The molecule has 59 heavy (non-hydrogen) atoms. The average Bonchev–Trinajstić information content (AvgIpc) is 3.83. The third-order valence-corrected chi connectivity index (χ3v) is 10.6. The molecule has 2 aliphatic heterocycles. The van der Waals surface area contributed by atoms with Crippen molar-refractivity contribution < 1.29 is 76.1 Å². The standard InChI is InChI=1S/C31H45N9O17P2/c1-4-6-7-20(41)38(3)16(9-11-51-5-2)30(44)56-24-17(54-29(22(24)42)40-15-36-21-26(33)34-14-35-27(21)40)13-53-59(49,50)57-25-18(12-52-58(46,47)48)55-28(23(25)43)39-10-8-19(32)37-31(39)45/h4,8,10,14-18,22-25,28-29,42-43H,1,5-7,9,11-13H2,2-3H3,(H,49,50)(H2,32,37,45)(H2,33,34,35)(H2,46,47,48)/t16-,17+,18+,22+,23+,24+,25+,28+,29+/m0/s1. The molecule has 0 aliphatic carbocycles. The summed E-state index contributed by atoms with van der Waals surface area (Å²) in [6, 6.07) is -0.0538. The Morgan fingerprint density at radius 2 is 1.69 bits per heavy atom. The van der Waals surface area contributed by atoms with E-state index in [-0.39, 0.29) is 42.2 Å². The Morgan fingerprint density at radius 3 is 2.36 bits per heavy atom. The van der Waals surface area contributed by atoms with E-state index in [0.29, 0.717) is 13.0 Å². The molecule has 2 fully saturated rings. The number of amides is 1. The Bertz CT molecular complexity index is 2120. The normalized spacial score (nSPS) is 26.1. The molecule has 10 atom stereocenters. The van der Waals surface area contributed by atoms with Crippen molar-refractivity contribution in [2.24, 2.45) is 0 Å². The largest absolute Gasteiger partial charge is 0.472 e. The van der Waals surface area contributed by atoms with Crippen molar-refractivity contribution in [1.82, 2.24) is 34.0 Å². The third kappa shape index (κ3) is 11.1. The lowest BCUT2D eigenvalue weighted by atomic mass is 10.1. The Labute approximate surface area is 334 Å². The van der Waals surface area contributed by atoms with E-state index in [0.717, 1.165) is 22.0 Å². The van der Waals surface area contributed by atoms with Crippen LogP contribution < -0.4 is 17.2 Å². The first-order valence-electron chi connectivity index (χ1n) is 17.8. The number of likely N-dealkylation sites (N-methyl/N-ethyl adjacent to an activating group) is 1. The van der Waals surface area contributed by atoms with Gasteiger partial charge in [-0.25, -0.2) is 33.7 Å². The fourth-order valence-corrected chi connectivity index (χ4v) is 7.54. The van der Waals surface area contributed by atoms with Crippen LogP contribution in [0.1, 0.15) is 38.6 Å². The molecule has 5 heterocycles. The molecular weight excluding hydrogens is 832 g/mol. The SMILES string of the molecule is C=CCCC(=O)N(C)[C@@H](CCOCC)C(=O)O[C@H]1[C@@H](O)[C@H](n2cnc3c(N)ncnc32)O[C@@H]1COP(=O)(O)O[C@H]1[C@@H](O)[C@H](n2ccc(N)nc2=O)O[C@@H]1COP(=O)(O)O. The highest BCUT2D eigenvalue weighted by molar-refractivity contribution is 7.47. The predicted octanol–water partition coefficient (Wildman–Crippen LogP) is -1.49. The van der Waals surface area contributed by atoms with Gasteiger partial charge < -0.3 is 60.2 Å². The summed E-state index contributed by atoms with van der Waals surface area (Å²) >= 11 is 0. The predicted molar refractivity (Wildman–Crippen MR) is 198 cm³/mol. The van der Waals surface area contributed by atoms with E-state index in [9.17, 15) is 48.4 Å². The van der Waals surface area contributed by atoms with E-state index in [1.54, 1.807) is 6.92 Å². The van der Waals surface area contributed by atoms with Gasteiger partial charge in [-0.3, -0.25) is 27.5 Å². The van der Waals surface area contributed by atoms with Crippen LogP contribution in [-0.4, -0.2) is 147 Å².